The van der Waals surface area contributed by atoms with E-state index in [2.05, 4.69) is 10.3 Å². The Morgan fingerprint density at radius 1 is 1.18 bits per heavy atom. The summed E-state index contributed by atoms with van der Waals surface area (Å²) in [5.74, 6) is -0.0882. The Balaban J connectivity index is 1.83. The number of carbonyl (C=O) groups is 2. The van der Waals surface area contributed by atoms with Crippen LogP contribution in [0.5, 0.6) is 0 Å². The van der Waals surface area contributed by atoms with Gasteiger partial charge in [-0.1, -0.05) is 17.7 Å². The Morgan fingerprint density at radius 2 is 1.95 bits per heavy atom. The quantitative estimate of drug-likeness (QED) is 0.831. The lowest BCUT2D eigenvalue weighted by atomic mass is 9.99. The molecule has 1 aromatic carbocycles. The zero-order chi connectivity index (χ0) is 16.1. The number of aryl methyl sites for hydroxylation is 3. The molecule has 0 aliphatic carbocycles. The van der Waals surface area contributed by atoms with Gasteiger partial charge in [-0.25, -0.2) is 4.98 Å². The number of ketones is 1. The van der Waals surface area contributed by atoms with Crippen LogP contribution >= 0.6 is 11.3 Å². The van der Waals surface area contributed by atoms with Crippen molar-refractivity contribution in [3.05, 3.63) is 51.0 Å². The average molecular weight is 316 g/mol. The molecule has 4 nitrogen and oxygen atoms in total. The molecule has 2 rings (SSSR count). The van der Waals surface area contributed by atoms with Crippen molar-refractivity contribution >= 4 is 23.0 Å². The van der Waals surface area contributed by atoms with E-state index in [4.69, 9.17) is 0 Å². The van der Waals surface area contributed by atoms with Gasteiger partial charge in [0.25, 0.3) is 0 Å². The first-order chi connectivity index (χ1) is 10.5. The normalized spacial score (nSPS) is 10.5. The summed E-state index contributed by atoms with van der Waals surface area (Å²) in [6.45, 7) is 6.28. The van der Waals surface area contributed by atoms with Crippen molar-refractivity contribution in [2.24, 2.45) is 0 Å². The minimum atomic E-state index is -0.107. The molecule has 1 N–H and O–H groups in total. The number of hydrogen-bond donors (Lipinski definition) is 1. The minimum Gasteiger partial charge on any atom is -0.351 e. The molecule has 1 aromatic heterocycles. The van der Waals surface area contributed by atoms with Crippen LogP contribution in [0.15, 0.2) is 24.4 Å². The van der Waals surface area contributed by atoms with Gasteiger partial charge in [-0.05, 0) is 32.4 Å². The molecule has 1 amide bonds. The number of thiazole rings is 1. The molecule has 116 valence electrons. The zero-order valence-electron chi connectivity index (χ0n) is 13.1. The third-order valence-electron chi connectivity index (χ3n) is 3.40. The van der Waals surface area contributed by atoms with Gasteiger partial charge >= 0.3 is 0 Å². The fourth-order valence-electron chi connectivity index (χ4n) is 2.16. The first kappa shape index (κ1) is 16.4. The van der Waals surface area contributed by atoms with E-state index in [0.29, 0.717) is 12.1 Å². The highest BCUT2D eigenvalue weighted by atomic mass is 32.1. The lowest BCUT2D eigenvalue weighted by Crippen LogP contribution is -2.22. The monoisotopic (exact) mass is 316 g/mol. The van der Waals surface area contributed by atoms with Crippen LogP contribution in [0.2, 0.25) is 0 Å². The largest absolute Gasteiger partial charge is 0.351 e. The number of Topliss-reactive ketones (excluding diaryl/α,β-unsaturated/α-hetero) is 1. The topological polar surface area (TPSA) is 59.1 Å². The Kier molecular flexibility index (Phi) is 5.44. The van der Waals surface area contributed by atoms with Crippen molar-refractivity contribution in [2.75, 3.05) is 0 Å². The Morgan fingerprint density at radius 3 is 2.64 bits per heavy atom. The number of nitrogens with zero attached hydrogens (tertiary/aromatic N) is 1. The Hall–Kier alpha value is -2.01. The summed E-state index contributed by atoms with van der Waals surface area (Å²) in [7, 11) is 0. The lowest BCUT2D eigenvalue weighted by molar-refractivity contribution is -0.121. The first-order valence-corrected chi connectivity index (χ1v) is 8.06. The number of amides is 1. The number of rotatable bonds is 6. The molecule has 22 heavy (non-hydrogen) atoms. The van der Waals surface area contributed by atoms with Gasteiger partial charge in [0.15, 0.2) is 5.78 Å². The average Bonchev–Trinajstić information content (AvgIpc) is 2.90. The van der Waals surface area contributed by atoms with Gasteiger partial charge in [-0.3, -0.25) is 9.59 Å². The van der Waals surface area contributed by atoms with Crippen molar-refractivity contribution in [1.29, 1.82) is 0 Å². The molecule has 0 radical (unpaired) electrons. The summed E-state index contributed by atoms with van der Waals surface area (Å²) in [6.07, 6.45) is 2.21. The number of aromatic nitrogens is 1. The van der Waals surface area contributed by atoms with Gasteiger partial charge in [-0.2, -0.15) is 0 Å². The van der Waals surface area contributed by atoms with Crippen LogP contribution in [0.3, 0.4) is 0 Å². The summed E-state index contributed by atoms with van der Waals surface area (Å²) >= 11 is 1.56. The van der Waals surface area contributed by atoms with E-state index < -0.39 is 0 Å². The maximum absolute atomic E-state index is 12.2. The molecule has 0 aliphatic heterocycles. The predicted molar refractivity (Wildman–Crippen MR) is 88.2 cm³/mol. The van der Waals surface area contributed by atoms with Crippen LogP contribution < -0.4 is 5.32 Å². The summed E-state index contributed by atoms with van der Waals surface area (Å²) in [6, 6.07) is 5.81. The molecule has 2 aromatic rings. The fraction of sp³-hybridized carbons (Fsp3) is 0.353. The van der Waals surface area contributed by atoms with Crippen molar-refractivity contribution in [2.45, 2.75) is 40.2 Å². The van der Waals surface area contributed by atoms with Crippen molar-refractivity contribution < 1.29 is 9.59 Å². The Bertz CT molecular complexity index is 692. The van der Waals surface area contributed by atoms with E-state index in [1.54, 1.807) is 17.5 Å². The molecule has 0 saturated heterocycles. The molecule has 0 fully saturated rings. The summed E-state index contributed by atoms with van der Waals surface area (Å²) in [5, 5.41) is 3.81. The zero-order valence-corrected chi connectivity index (χ0v) is 13.9. The molecule has 0 unspecified atom stereocenters. The van der Waals surface area contributed by atoms with Crippen LogP contribution in [0.1, 0.15) is 44.2 Å². The maximum atomic E-state index is 12.2. The van der Waals surface area contributed by atoms with E-state index in [1.165, 1.54) is 0 Å². The van der Waals surface area contributed by atoms with Crippen LogP contribution in [-0.2, 0) is 11.3 Å². The predicted octanol–water partition coefficient (Wildman–Crippen LogP) is 3.35. The number of benzene rings is 1. The summed E-state index contributed by atoms with van der Waals surface area (Å²) in [4.78, 5) is 29.2. The van der Waals surface area contributed by atoms with Gasteiger partial charge < -0.3 is 5.32 Å². The second kappa shape index (κ2) is 7.31. The molecular weight excluding hydrogens is 296 g/mol. The van der Waals surface area contributed by atoms with Gasteiger partial charge in [0.05, 0.1) is 11.6 Å². The van der Waals surface area contributed by atoms with Crippen LogP contribution in [-0.4, -0.2) is 16.7 Å². The maximum Gasteiger partial charge on any atom is 0.220 e. The second-order valence-corrected chi connectivity index (χ2v) is 6.68. The van der Waals surface area contributed by atoms with Gasteiger partial charge in [0, 0.05) is 29.5 Å². The van der Waals surface area contributed by atoms with E-state index in [0.717, 1.165) is 21.0 Å². The lowest BCUT2D eigenvalue weighted by Gasteiger charge is -2.07. The van der Waals surface area contributed by atoms with Crippen molar-refractivity contribution in [3.8, 4) is 0 Å². The SMILES string of the molecule is Cc1ccc(C)c(C(=O)CCC(=O)NCc2cnc(C)s2)c1. The third kappa shape index (κ3) is 4.49. The van der Waals surface area contributed by atoms with E-state index in [9.17, 15) is 9.59 Å². The van der Waals surface area contributed by atoms with Crippen LogP contribution in [0.4, 0.5) is 0 Å². The third-order valence-corrected chi connectivity index (χ3v) is 4.31. The van der Waals surface area contributed by atoms with Gasteiger partial charge in [0.1, 0.15) is 0 Å². The van der Waals surface area contributed by atoms with E-state index in [-0.39, 0.29) is 24.5 Å². The highest BCUT2D eigenvalue weighted by Crippen LogP contribution is 2.14. The Labute approximate surface area is 134 Å². The fourth-order valence-corrected chi connectivity index (χ4v) is 2.89. The molecule has 0 bridgehead atoms. The van der Waals surface area contributed by atoms with E-state index in [1.807, 2.05) is 39.0 Å². The first-order valence-electron chi connectivity index (χ1n) is 7.24. The number of carbonyl (C=O) groups excluding carboxylic acids is 2. The smallest absolute Gasteiger partial charge is 0.220 e. The molecule has 0 aliphatic rings. The standard InChI is InChI=1S/C17H20N2O2S/c1-11-4-5-12(2)15(8-11)16(20)6-7-17(21)19-10-14-9-18-13(3)22-14/h4-5,8-9H,6-7,10H2,1-3H3,(H,19,21). The van der Waals surface area contributed by atoms with Crippen molar-refractivity contribution in [3.63, 3.8) is 0 Å². The summed E-state index contributed by atoms with van der Waals surface area (Å²) < 4.78 is 0. The number of hydrogen-bond acceptors (Lipinski definition) is 4. The molecule has 0 atom stereocenters. The molecule has 1 heterocycles. The minimum absolute atomic E-state index is 0.0185. The highest BCUT2D eigenvalue weighted by molar-refractivity contribution is 7.11. The van der Waals surface area contributed by atoms with Crippen molar-refractivity contribution in [1.82, 2.24) is 10.3 Å². The van der Waals surface area contributed by atoms with Crippen LogP contribution in [0, 0.1) is 20.8 Å². The van der Waals surface area contributed by atoms with Crippen LogP contribution in [0.25, 0.3) is 0 Å². The van der Waals surface area contributed by atoms with Gasteiger partial charge in [-0.15, -0.1) is 11.3 Å². The van der Waals surface area contributed by atoms with E-state index >= 15 is 0 Å². The molecule has 0 spiro atoms. The second-order valence-electron chi connectivity index (χ2n) is 5.36. The molecule has 0 saturated carbocycles. The van der Waals surface area contributed by atoms with Gasteiger partial charge in [0.2, 0.25) is 5.91 Å². The molecule has 5 heteroatoms. The number of nitrogens with one attached hydrogen (secondary N) is 1. The highest BCUT2D eigenvalue weighted by Gasteiger charge is 2.12. The summed E-state index contributed by atoms with van der Waals surface area (Å²) in [5.41, 5.74) is 2.72. The molecular formula is C17H20N2O2S.